The van der Waals surface area contributed by atoms with Gasteiger partial charge in [0, 0.05) is 30.1 Å². The smallest absolute Gasteiger partial charge is 0.255 e. The van der Waals surface area contributed by atoms with Gasteiger partial charge < -0.3 is 10.1 Å². The zero-order chi connectivity index (χ0) is 13.5. The van der Waals surface area contributed by atoms with Gasteiger partial charge in [-0.3, -0.25) is 4.79 Å². The highest BCUT2D eigenvalue weighted by Gasteiger charge is 2.18. The number of hydrogen-bond donors (Lipinski definition) is 1. The van der Waals surface area contributed by atoms with Gasteiger partial charge in [0.05, 0.1) is 5.56 Å². The van der Waals surface area contributed by atoms with E-state index in [0.717, 1.165) is 0 Å². The van der Waals surface area contributed by atoms with Crippen molar-refractivity contribution >= 4 is 33.4 Å². The number of methoxy groups -OCH3 is 1. The largest absolute Gasteiger partial charge is 0.385 e. The van der Waals surface area contributed by atoms with Gasteiger partial charge in [-0.15, -0.1) is 11.6 Å². The minimum atomic E-state index is -0.568. The Morgan fingerprint density at radius 3 is 2.89 bits per heavy atom. The predicted molar refractivity (Wildman–Crippen MR) is 72.6 cm³/mol. The minimum Gasteiger partial charge on any atom is -0.385 e. The molecule has 1 amide bonds. The molecule has 0 aliphatic rings. The maximum atomic E-state index is 13.6. The van der Waals surface area contributed by atoms with Gasteiger partial charge in [-0.05, 0) is 34.5 Å². The van der Waals surface area contributed by atoms with Gasteiger partial charge in [0.25, 0.3) is 5.91 Å². The molecule has 6 heteroatoms. The van der Waals surface area contributed by atoms with Crippen LogP contribution in [0.2, 0.25) is 0 Å². The van der Waals surface area contributed by atoms with Crippen molar-refractivity contribution in [2.75, 3.05) is 19.6 Å². The molecule has 1 rings (SSSR count). The number of halogens is 3. The molecule has 1 aromatic carbocycles. The third-order valence-electron chi connectivity index (χ3n) is 2.38. The Labute approximate surface area is 119 Å². The van der Waals surface area contributed by atoms with Crippen LogP contribution in [0.5, 0.6) is 0 Å². The van der Waals surface area contributed by atoms with Crippen molar-refractivity contribution in [3.63, 3.8) is 0 Å². The monoisotopic (exact) mass is 337 g/mol. The number of benzene rings is 1. The number of carbonyl (C=O) groups is 1. The molecular weight excluding hydrogens is 324 g/mol. The lowest BCUT2D eigenvalue weighted by Crippen LogP contribution is -2.37. The molecule has 0 aromatic heterocycles. The summed E-state index contributed by atoms with van der Waals surface area (Å²) in [5, 5.41) is 2.68. The number of hydrogen-bond acceptors (Lipinski definition) is 2. The van der Waals surface area contributed by atoms with Crippen LogP contribution in [0.1, 0.15) is 16.8 Å². The maximum Gasteiger partial charge on any atom is 0.255 e. The summed E-state index contributed by atoms with van der Waals surface area (Å²) in [5.74, 6) is -0.801. The Balaban J connectivity index is 2.75. The van der Waals surface area contributed by atoms with Gasteiger partial charge in [0.2, 0.25) is 0 Å². The zero-order valence-corrected chi connectivity index (χ0v) is 12.2. The van der Waals surface area contributed by atoms with Crippen molar-refractivity contribution in [2.24, 2.45) is 0 Å². The van der Waals surface area contributed by atoms with Crippen LogP contribution in [-0.4, -0.2) is 31.5 Å². The Hall–Kier alpha value is -0.650. The quantitative estimate of drug-likeness (QED) is 0.810. The van der Waals surface area contributed by atoms with Crippen LogP contribution in [0.15, 0.2) is 22.7 Å². The number of carbonyl (C=O) groups excluding carboxylic acids is 1. The SMILES string of the molecule is COCCC(CCl)NC(=O)c1c(F)cccc1Br. The first-order valence-corrected chi connectivity index (χ1v) is 6.72. The van der Waals surface area contributed by atoms with E-state index in [0.29, 0.717) is 17.5 Å². The molecule has 0 bridgehead atoms. The van der Waals surface area contributed by atoms with E-state index in [2.05, 4.69) is 21.2 Å². The Morgan fingerprint density at radius 2 is 2.33 bits per heavy atom. The fourth-order valence-electron chi connectivity index (χ4n) is 1.42. The lowest BCUT2D eigenvalue weighted by molar-refractivity contribution is 0.0925. The van der Waals surface area contributed by atoms with E-state index < -0.39 is 11.7 Å². The van der Waals surface area contributed by atoms with Crippen molar-refractivity contribution < 1.29 is 13.9 Å². The van der Waals surface area contributed by atoms with Crippen molar-refractivity contribution in [2.45, 2.75) is 12.5 Å². The summed E-state index contributed by atoms with van der Waals surface area (Å²) >= 11 is 8.89. The first kappa shape index (κ1) is 15.4. The molecule has 1 aromatic rings. The second-order valence-corrected chi connectivity index (χ2v) is 4.87. The van der Waals surface area contributed by atoms with E-state index in [1.54, 1.807) is 13.2 Å². The molecule has 1 unspecified atom stereocenters. The van der Waals surface area contributed by atoms with Crippen LogP contribution in [0.4, 0.5) is 4.39 Å². The van der Waals surface area contributed by atoms with Gasteiger partial charge in [-0.25, -0.2) is 4.39 Å². The van der Waals surface area contributed by atoms with Crippen LogP contribution in [0, 0.1) is 5.82 Å². The second-order valence-electron chi connectivity index (χ2n) is 3.70. The highest BCUT2D eigenvalue weighted by Crippen LogP contribution is 2.19. The van der Waals surface area contributed by atoms with Crippen LogP contribution in [-0.2, 0) is 4.74 Å². The average molecular weight is 339 g/mol. The Bertz CT molecular complexity index is 397. The molecule has 0 spiro atoms. The summed E-state index contributed by atoms with van der Waals surface area (Å²) in [4.78, 5) is 11.9. The molecule has 0 saturated heterocycles. The van der Waals surface area contributed by atoms with Crippen molar-refractivity contribution in [3.05, 3.63) is 34.1 Å². The summed E-state index contributed by atoms with van der Waals surface area (Å²) in [6.07, 6.45) is 0.581. The number of ether oxygens (including phenoxy) is 1. The summed E-state index contributed by atoms with van der Waals surface area (Å²) in [6.45, 7) is 0.482. The summed E-state index contributed by atoms with van der Waals surface area (Å²) in [5.41, 5.74) is -0.00923. The summed E-state index contributed by atoms with van der Waals surface area (Å²) in [7, 11) is 1.57. The fraction of sp³-hybridized carbons (Fsp3) is 0.417. The normalized spacial score (nSPS) is 12.2. The van der Waals surface area contributed by atoms with Crippen molar-refractivity contribution in [1.29, 1.82) is 0 Å². The molecule has 0 radical (unpaired) electrons. The molecule has 0 heterocycles. The van der Waals surface area contributed by atoms with Gasteiger partial charge in [-0.2, -0.15) is 0 Å². The summed E-state index contributed by atoms with van der Waals surface area (Å²) < 4.78 is 18.9. The molecule has 100 valence electrons. The average Bonchev–Trinajstić information content (AvgIpc) is 2.34. The first-order valence-electron chi connectivity index (χ1n) is 5.40. The second kappa shape index (κ2) is 7.71. The Morgan fingerprint density at radius 1 is 1.61 bits per heavy atom. The molecule has 0 aliphatic carbocycles. The zero-order valence-electron chi connectivity index (χ0n) is 9.88. The van der Waals surface area contributed by atoms with E-state index in [1.807, 2.05) is 0 Å². The fourth-order valence-corrected chi connectivity index (χ4v) is 2.17. The third kappa shape index (κ3) is 4.23. The molecule has 18 heavy (non-hydrogen) atoms. The van der Waals surface area contributed by atoms with Gasteiger partial charge in [0.15, 0.2) is 0 Å². The summed E-state index contributed by atoms with van der Waals surface area (Å²) in [6, 6.07) is 4.14. The van der Waals surface area contributed by atoms with Crippen molar-refractivity contribution in [3.8, 4) is 0 Å². The molecule has 0 aliphatic heterocycles. The van der Waals surface area contributed by atoms with Crippen LogP contribution in [0.3, 0.4) is 0 Å². The molecule has 0 saturated carbocycles. The maximum absolute atomic E-state index is 13.6. The lowest BCUT2D eigenvalue weighted by atomic mass is 10.1. The van der Waals surface area contributed by atoms with E-state index in [9.17, 15) is 9.18 Å². The van der Waals surface area contributed by atoms with Gasteiger partial charge >= 0.3 is 0 Å². The predicted octanol–water partition coefficient (Wildman–Crippen LogP) is 2.96. The standard InChI is InChI=1S/C12H14BrClFNO2/c1-18-6-5-8(7-14)16-12(17)11-9(13)3-2-4-10(11)15/h2-4,8H,5-7H2,1H3,(H,16,17). The molecule has 0 fully saturated rings. The van der Waals surface area contributed by atoms with Crippen LogP contribution >= 0.6 is 27.5 Å². The van der Waals surface area contributed by atoms with Crippen LogP contribution in [0.25, 0.3) is 0 Å². The van der Waals surface area contributed by atoms with Gasteiger partial charge in [0.1, 0.15) is 5.82 Å². The van der Waals surface area contributed by atoms with E-state index in [4.69, 9.17) is 16.3 Å². The number of rotatable bonds is 6. The molecule has 1 atom stereocenters. The van der Waals surface area contributed by atoms with Crippen molar-refractivity contribution in [1.82, 2.24) is 5.32 Å². The van der Waals surface area contributed by atoms with E-state index in [1.165, 1.54) is 12.1 Å². The minimum absolute atomic E-state index is 0.00923. The van der Waals surface area contributed by atoms with Gasteiger partial charge in [-0.1, -0.05) is 6.07 Å². The van der Waals surface area contributed by atoms with E-state index in [-0.39, 0.29) is 17.5 Å². The van der Waals surface area contributed by atoms with E-state index >= 15 is 0 Å². The molecular formula is C12H14BrClFNO2. The highest BCUT2D eigenvalue weighted by molar-refractivity contribution is 9.10. The third-order valence-corrected chi connectivity index (χ3v) is 3.42. The number of nitrogens with one attached hydrogen (secondary N) is 1. The number of amides is 1. The molecule has 3 nitrogen and oxygen atoms in total. The number of alkyl halides is 1. The topological polar surface area (TPSA) is 38.3 Å². The molecule has 1 N–H and O–H groups in total. The van der Waals surface area contributed by atoms with Crippen LogP contribution < -0.4 is 5.32 Å². The Kier molecular flexibility index (Phi) is 6.60. The first-order chi connectivity index (χ1) is 8.60. The lowest BCUT2D eigenvalue weighted by Gasteiger charge is -2.16. The highest BCUT2D eigenvalue weighted by atomic mass is 79.9.